The maximum atomic E-state index is 13.3. The average Bonchev–Trinajstić information content (AvgIpc) is 3.35. The summed E-state index contributed by atoms with van der Waals surface area (Å²) in [7, 11) is 1.67. The highest BCUT2D eigenvalue weighted by molar-refractivity contribution is 6.31. The van der Waals surface area contributed by atoms with E-state index >= 15 is 0 Å². The number of anilines is 1. The highest BCUT2D eigenvalue weighted by Crippen LogP contribution is 2.26. The van der Waals surface area contributed by atoms with E-state index in [1.807, 2.05) is 50.2 Å². The fraction of sp³-hybridized carbons (Fsp3) is 0.192. The third-order valence-corrected chi connectivity index (χ3v) is 5.86. The molecule has 0 atom stereocenters. The maximum absolute atomic E-state index is 13.3. The van der Waals surface area contributed by atoms with Crippen molar-refractivity contribution in [2.75, 3.05) is 18.5 Å². The van der Waals surface area contributed by atoms with Gasteiger partial charge in [0.1, 0.15) is 5.82 Å². The lowest BCUT2D eigenvalue weighted by Gasteiger charge is -2.25. The molecular formula is C26H25N5O4. The second-order valence-corrected chi connectivity index (χ2v) is 8.78. The molecular weight excluding hydrogens is 446 g/mol. The van der Waals surface area contributed by atoms with E-state index in [4.69, 9.17) is 5.11 Å². The Morgan fingerprint density at radius 1 is 1.03 bits per heavy atom. The van der Waals surface area contributed by atoms with Gasteiger partial charge in [0.05, 0.1) is 11.9 Å². The van der Waals surface area contributed by atoms with Gasteiger partial charge >= 0.3 is 11.9 Å². The first-order valence-corrected chi connectivity index (χ1v) is 11.0. The summed E-state index contributed by atoms with van der Waals surface area (Å²) < 4.78 is 1.73. The molecule has 0 aliphatic carbocycles. The van der Waals surface area contributed by atoms with Gasteiger partial charge in [-0.15, -0.1) is 0 Å². The van der Waals surface area contributed by atoms with Crippen molar-refractivity contribution in [2.24, 2.45) is 0 Å². The molecule has 0 fully saturated rings. The number of hydrogen-bond donors (Lipinski definition) is 2. The normalized spacial score (nSPS) is 11.3. The number of carbonyl (C=O) groups is 3. The van der Waals surface area contributed by atoms with Gasteiger partial charge in [-0.2, -0.15) is 5.10 Å². The van der Waals surface area contributed by atoms with Gasteiger partial charge in [0.2, 0.25) is 0 Å². The molecule has 2 heterocycles. The van der Waals surface area contributed by atoms with Gasteiger partial charge in [-0.3, -0.25) is 14.5 Å². The first-order valence-electron chi connectivity index (χ1n) is 11.0. The molecule has 0 saturated heterocycles. The van der Waals surface area contributed by atoms with Crippen LogP contribution in [0.15, 0.2) is 72.9 Å². The molecule has 0 aliphatic heterocycles. The summed E-state index contributed by atoms with van der Waals surface area (Å²) in [5.74, 6) is -2.32. The van der Waals surface area contributed by atoms with E-state index in [-0.39, 0.29) is 12.5 Å². The third-order valence-electron chi connectivity index (χ3n) is 5.86. The van der Waals surface area contributed by atoms with E-state index in [0.717, 1.165) is 16.8 Å². The Morgan fingerprint density at radius 3 is 2.37 bits per heavy atom. The molecule has 0 aliphatic rings. The zero-order chi connectivity index (χ0) is 25.2. The molecule has 0 saturated carbocycles. The topological polar surface area (TPSA) is 117 Å². The van der Waals surface area contributed by atoms with E-state index in [1.54, 1.807) is 48.1 Å². The quantitative estimate of drug-likeness (QED) is 0.417. The van der Waals surface area contributed by atoms with Crippen molar-refractivity contribution in [3.8, 4) is 11.3 Å². The standard InChI is InChI=1S/C26H25N5O4/c1-26(2,16-27-23(32)25(34)35)19-11-9-18(10-12-19)24(33)30(3)22-15-20(17-7-5-4-6-8-17)31-21(29-22)13-14-28-31/h4-15H,16H2,1-3H3,(H,27,32)(H,34,35). The van der Waals surface area contributed by atoms with Gasteiger partial charge in [-0.25, -0.2) is 14.3 Å². The number of carboxylic acid groups (broad SMARTS) is 1. The molecule has 178 valence electrons. The Balaban J connectivity index is 1.57. The van der Waals surface area contributed by atoms with Gasteiger partial charge in [-0.05, 0) is 17.7 Å². The molecule has 2 aromatic heterocycles. The van der Waals surface area contributed by atoms with Crippen molar-refractivity contribution in [1.82, 2.24) is 19.9 Å². The minimum Gasteiger partial charge on any atom is -0.474 e. The van der Waals surface area contributed by atoms with E-state index in [1.165, 1.54) is 4.90 Å². The van der Waals surface area contributed by atoms with E-state index in [0.29, 0.717) is 17.0 Å². The molecule has 9 nitrogen and oxygen atoms in total. The summed E-state index contributed by atoms with van der Waals surface area (Å²) >= 11 is 0. The zero-order valence-electron chi connectivity index (χ0n) is 19.6. The summed E-state index contributed by atoms with van der Waals surface area (Å²) in [6.45, 7) is 3.91. The number of fused-ring (bicyclic) bond motifs is 1. The van der Waals surface area contributed by atoms with Crippen LogP contribution in [-0.2, 0) is 15.0 Å². The number of carboxylic acids is 1. The van der Waals surface area contributed by atoms with Crippen molar-refractivity contribution in [3.05, 3.63) is 84.1 Å². The third kappa shape index (κ3) is 4.89. The molecule has 0 radical (unpaired) electrons. The van der Waals surface area contributed by atoms with Crippen LogP contribution in [0.1, 0.15) is 29.8 Å². The summed E-state index contributed by atoms with van der Waals surface area (Å²) in [4.78, 5) is 41.5. The lowest BCUT2D eigenvalue weighted by Crippen LogP contribution is -2.39. The van der Waals surface area contributed by atoms with Gasteiger partial charge in [0.25, 0.3) is 5.91 Å². The average molecular weight is 472 g/mol. The second-order valence-electron chi connectivity index (χ2n) is 8.78. The van der Waals surface area contributed by atoms with Crippen molar-refractivity contribution >= 4 is 29.2 Å². The fourth-order valence-electron chi connectivity index (χ4n) is 3.73. The number of carbonyl (C=O) groups excluding carboxylic acids is 2. The molecule has 0 unspecified atom stereocenters. The Hall–Kier alpha value is -4.53. The molecule has 0 bridgehead atoms. The van der Waals surface area contributed by atoms with Crippen LogP contribution in [0.25, 0.3) is 16.9 Å². The highest BCUT2D eigenvalue weighted by atomic mass is 16.4. The van der Waals surface area contributed by atoms with Crippen molar-refractivity contribution in [1.29, 1.82) is 0 Å². The minimum atomic E-state index is -1.53. The number of benzene rings is 2. The monoisotopic (exact) mass is 471 g/mol. The van der Waals surface area contributed by atoms with E-state index in [2.05, 4.69) is 15.4 Å². The summed E-state index contributed by atoms with van der Waals surface area (Å²) in [6, 6.07) is 20.4. The number of hydrogen-bond acceptors (Lipinski definition) is 5. The number of nitrogens with one attached hydrogen (secondary N) is 1. The number of aliphatic carboxylic acids is 1. The van der Waals surface area contributed by atoms with Crippen LogP contribution in [-0.4, -0.2) is 51.1 Å². The minimum absolute atomic E-state index is 0.142. The Kier molecular flexibility index (Phi) is 6.33. The zero-order valence-corrected chi connectivity index (χ0v) is 19.6. The first kappa shape index (κ1) is 23.6. The molecule has 4 rings (SSSR count). The predicted molar refractivity (Wildman–Crippen MR) is 131 cm³/mol. The van der Waals surface area contributed by atoms with Crippen LogP contribution in [0.2, 0.25) is 0 Å². The molecule has 2 N–H and O–H groups in total. The summed E-state index contributed by atoms with van der Waals surface area (Å²) in [6.07, 6.45) is 1.67. The number of rotatable bonds is 6. The number of nitrogens with zero attached hydrogens (tertiary/aromatic N) is 4. The van der Waals surface area contributed by atoms with Crippen LogP contribution in [0.3, 0.4) is 0 Å². The molecule has 0 spiro atoms. The van der Waals surface area contributed by atoms with Crippen molar-refractivity contribution < 1.29 is 19.5 Å². The van der Waals surface area contributed by atoms with E-state index < -0.39 is 17.3 Å². The van der Waals surface area contributed by atoms with Gasteiger partial charge in [0.15, 0.2) is 5.65 Å². The summed E-state index contributed by atoms with van der Waals surface area (Å²) in [5.41, 5.74) is 3.19. The molecule has 2 amide bonds. The molecule has 2 aromatic carbocycles. The highest BCUT2D eigenvalue weighted by Gasteiger charge is 2.24. The largest absolute Gasteiger partial charge is 0.474 e. The van der Waals surface area contributed by atoms with Gasteiger partial charge < -0.3 is 10.4 Å². The van der Waals surface area contributed by atoms with Gasteiger partial charge in [-0.1, -0.05) is 56.3 Å². The molecule has 35 heavy (non-hydrogen) atoms. The molecule has 4 aromatic rings. The van der Waals surface area contributed by atoms with Crippen LogP contribution in [0, 0.1) is 0 Å². The predicted octanol–water partition coefficient (Wildman–Crippen LogP) is 3.15. The van der Waals surface area contributed by atoms with Crippen molar-refractivity contribution in [3.63, 3.8) is 0 Å². The Morgan fingerprint density at radius 2 is 1.71 bits per heavy atom. The Labute approximate surface area is 202 Å². The summed E-state index contributed by atoms with van der Waals surface area (Å²) in [5, 5.41) is 15.5. The molecule has 9 heteroatoms. The first-order chi connectivity index (χ1) is 16.7. The fourth-order valence-corrected chi connectivity index (χ4v) is 3.73. The van der Waals surface area contributed by atoms with Crippen LogP contribution in [0.5, 0.6) is 0 Å². The van der Waals surface area contributed by atoms with Crippen LogP contribution >= 0.6 is 0 Å². The smallest absolute Gasteiger partial charge is 0.394 e. The number of amides is 2. The van der Waals surface area contributed by atoms with E-state index in [9.17, 15) is 14.4 Å². The van der Waals surface area contributed by atoms with Crippen LogP contribution < -0.4 is 10.2 Å². The van der Waals surface area contributed by atoms with Crippen molar-refractivity contribution in [2.45, 2.75) is 19.3 Å². The SMILES string of the molecule is CN(C(=O)c1ccc(C(C)(C)CNC(=O)C(=O)O)cc1)c1cc(-c2ccccc2)n2nccc2n1. The second kappa shape index (κ2) is 9.38. The maximum Gasteiger partial charge on any atom is 0.394 e. The van der Waals surface area contributed by atoms with Gasteiger partial charge in [0, 0.05) is 42.3 Å². The Bertz CT molecular complexity index is 1390. The lowest BCUT2D eigenvalue weighted by molar-refractivity contribution is -0.150. The number of aromatic nitrogens is 3. The van der Waals surface area contributed by atoms with Crippen LogP contribution in [0.4, 0.5) is 5.82 Å². The lowest BCUT2D eigenvalue weighted by atomic mass is 9.84.